The third kappa shape index (κ3) is 7.39. The summed E-state index contributed by atoms with van der Waals surface area (Å²) < 4.78 is 5.49. The Bertz CT molecular complexity index is 376. The first-order valence-electron chi connectivity index (χ1n) is 7.44. The quantitative estimate of drug-likeness (QED) is 0.759. The maximum absolute atomic E-state index is 10.1. The van der Waals surface area contributed by atoms with Gasteiger partial charge >= 0.3 is 0 Å². The first-order chi connectivity index (χ1) is 9.36. The summed E-state index contributed by atoms with van der Waals surface area (Å²) in [5.74, 6) is 0.592. The summed E-state index contributed by atoms with van der Waals surface area (Å²) in [6, 6.07) is 4.34. The van der Waals surface area contributed by atoms with Crippen LogP contribution in [0.15, 0.2) is 12.1 Å². The fraction of sp³-hybridized carbons (Fsp3) is 0.750. The van der Waals surface area contributed by atoms with Crippen LogP contribution in [0.25, 0.3) is 0 Å². The summed E-state index contributed by atoms with van der Waals surface area (Å²) >= 11 is 1.83. The number of hydrogen-bond donors (Lipinski definition) is 1. The van der Waals surface area contributed by atoms with Crippen molar-refractivity contribution in [3.63, 3.8) is 0 Å². The van der Waals surface area contributed by atoms with E-state index < -0.39 is 6.10 Å². The molecule has 0 saturated carbocycles. The summed E-state index contributed by atoms with van der Waals surface area (Å²) in [6.07, 6.45) is -0.250. The molecule has 0 aliphatic carbocycles. The lowest BCUT2D eigenvalue weighted by Gasteiger charge is -2.26. The third-order valence-electron chi connectivity index (χ3n) is 2.89. The second-order valence-corrected chi connectivity index (χ2v) is 7.51. The molecule has 0 aliphatic heterocycles. The highest BCUT2D eigenvalue weighted by atomic mass is 32.1. The van der Waals surface area contributed by atoms with E-state index in [4.69, 9.17) is 4.74 Å². The minimum absolute atomic E-state index is 0.170. The lowest BCUT2D eigenvalue weighted by Crippen LogP contribution is -2.37. The van der Waals surface area contributed by atoms with E-state index in [1.807, 2.05) is 25.2 Å². The van der Waals surface area contributed by atoms with Gasteiger partial charge in [-0.05, 0) is 38.8 Å². The monoisotopic (exact) mass is 299 g/mol. The van der Waals surface area contributed by atoms with Crippen molar-refractivity contribution in [2.24, 2.45) is 5.92 Å². The highest BCUT2D eigenvalue weighted by molar-refractivity contribution is 7.11. The van der Waals surface area contributed by atoms with E-state index in [0.29, 0.717) is 19.1 Å². The van der Waals surface area contributed by atoms with Gasteiger partial charge in [-0.25, -0.2) is 0 Å². The summed E-state index contributed by atoms with van der Waals surface area (Å²) in [7, 11) is 0. The molecule has 1 rings (SSSR count). The summed E-state index contributed by atoms with van der Waals surface area (Å²) in [6.45, 7) is 13.5. The molecule has 0 aliphatic rings. The Balaban J connectivity index is 2.50. The molecule has 1 N–H and O–H groups in total. The van der Waals surface area contributed by atoms with Crippen LogP contribution in [0.5, 0.6) is 0 Å². The fourth-order valence-corrected chi connectivity index (χ4v) is 3.10. The average Bonchev–Trinajstić information content (AvgIpc) is 2.71. The normalized spacial score (nSPS) is 13.7. The molecule has 1 aromatic heterocycles. The molecule has 0 bridgehead atoms. The van der Waals surface area contributed by atoms with Gasteiger partial charge in [0.25, 0.3) is 0 Å². The van der Waals surface area contributed by atoms with Gasteiger partial charge in [-0.3, -0.25) is 4.90 Å². The van der Waals surface area contributed by atoms with Crippen molar-refractivity contribution in [3.05, 3.63) is 21.9 Å². The van der Waals surface area contributed by atoms with Gasteiger partial charge in [-0.1, -0.05) is 13.8 Å². The summed E-state index contributed by atoms with van der Waals surface area (Å²) in [5.41, 5.74) is 0. The van der Waals surface area contributed by atoms with E-state index in [-0.39, 0.29) is 6.10 Å². The molecule has 116 valence electrons. The van der Waals surface area contributed by atoms with Crippen molar-refractivity contribution in [1.29, 1.82) is 0 Å². The van der Waals surface area contributed by atoms with Crippen LogP contribution in [0.1, 0.15) is 37.4 Å². The molecule has 0 fully saturated rings. The zero-order valence-corrected chi connectivity index (χ0v) is 14.2. The van der Waals surface area contributed by atoms with E-state index in [0.717, 1.165) is 13.1 Å². The van der Waals surface area contributed by atoms with Crippen LogP contribution in [0.3, 0.4) is 0 Å². The lowest BCUT2D eigenvalue weighted by atomic mass is 10.2. The van der Waals surface area contributed by atoms with Gasteiger partial charge in [-0.15, -0.1) is 11.3 Å². The number of rotatable bonds is 9. The van der Waals surface area contributed by atoms with Gasteiger partial charge in [0.2, 0.25) is 0 Å². The smallest absolute Gasteiger partial charge is 0.0900 e. The number of nitrogens with zero attached hydrogens (tertiary/aromatic N) is 1. The molecule has 3 nitrogen and oxygen atoms in total. The molecule has 1 unspecified atom stereocenters. The number of aliphatic hydroxyl groups is 1. The van der Waals surface area contributed by atoms with Gasteiger partial charge < -0.3 is 9.84 Å². The number of aryl methyl sites for hydroxylation is 1. The van der Waals surface area contributed by atoms with Crippen molar-refractivity contribution in [2.75, 3.05) is 19.7 Å². The SMILES string of the molecule is Cc1ccc(CN(CC(C)C)CC(O)COC(C)C)s1. The van der Waals surface area contributed by atoms with Crippen LogP contribution in [0.2, 0.25) is 0 Å². The Morgan fingerprint density at radius 3 is 2.40 bits per heavy atom. The van der Waals surface area contributed by atoms with E-state index in [2.05, 4.69) is 37.8 Å². The molecule has 1 heterocycles. The molecule has 1 atom stereocenters. The standard InChI is InChI=1S/C16H29NO2S/c1-12(2)8-17(9-15(18)11-19-13(3)4)10-16-7-6-14(5)20-16/h6-7,12-13,15,18H,8-11H2,1-5H3. The highest BCUT2D eigenvalue weighted by Gasteiger charge is 2.15. The molecule has 4 heteroatoms. The van der Waals surface area contributed by atoms with Gasteiger partial charge in [-0.2, -0.15) is 0 Å². The first kappa shape index (κ1) is 17.6. The topological polar surface area (TPSA) is 32.7 Å². The minimum Gasteiger partial charge on any atom is -0.389 e. The molecule has 0 aromatic carbocycles. The van der Waals surface area contributed by atoms with Crippen LogP contribution >= 0.6 is 11.3 Å². The number of ether oxygens (including phenoxy) is 1. The zero-order valence-electron chi connectivity index (χ0n) is 13.4. The van der Waals surface area contributed by atoms with E-state index in [9.17, 15) is 5.11 Å². The van der Waals surface area contributed by atoms with E-state index in [1.165, 1.54) is 9.75 Å². The van der Waals surface area contributed by atoms with Crippen LogP contribution in [-0.4, -0.2) is 41.9 Å². The minimum atomic E-state index is -0.419. The van der Waals surface area contributed by atoms with Gasteiger partial charge in [0, 0.05) is 29.4 Å². The molecule has 0 radical (unpaired) electrons. The van der Waals surface area contributed by atoms with Crippen LogP contribution in [0.4, 0.5) is 0 Å². The van der Waals surface area contributed by atoms with Crippen molar-refractivity contribution < 1.29 is 9.84 Å². The van der Waals surface area contributed by atoms with Crippen molar-refractivity contribution in [2.45, 2.75) is 53.4 Å². The fourth-order valence-electron chi connectivity index (χ4n) is 2.16. The Labute approximate surface area is 127 Å². The Kier molecular flexibility index (Phi) is 7.74. The second-order valence-electron chi connectivity index (χ2n) is 6.14. The second kappa shape index (κ2) is 8.78. The lowest BCUT2D eigenvalue weighted by molar-refractivity contribution is -0.0107. The van der Waals surface area contributed by atoms with Crippen molar-refractivity contribution in [1.82, 2.24) is 4.90 Å². The molecule has 0 amide bonds. The van der Waals surface area contributed by atoms with Gasteiger partial charge in [0.05, 0.1) is 18.8 Å². The van der Waals surface area contributed by atoms with Crippen molar-refractivity contribution in [3.8, 4) is 0 Å². The molecular weight excluding hydrogens is 270 g/mol. The Morgan fingerprint density at radius 2 is 1.90 bits per heavy atom. The Hall–Kier alpha value is -0.420. The molecule has 20 heavy (non-hydrogen) atoms. The summed E-state index contributed by atoms with van der Waals surface area (Å²) in [4.78, 5) is 5.03. The average molecular weight is 299 g/mol. The van der Waals surface area contributed by atoms with Gasteiger partial charge in [0.15, 0.2) is 0 Å². The van der Waals surface area contributed by atoms with Crippen LogP contribution in [-0.2, 0) is 11.3 Å². The third-order valence-corrected chi connectivity index (χ3v) is 3.88. The van der Waals surface area contributed by atoms with Gasteiger partial charge in [0.1, 0.15) is 0 Å². The highest BCUT2D eigenvalue weighted by Crippen LogP contribution is 2.18. The van der Waals surface area contributed by atoms with E-state index in [1.54, 1.807) is 0 Å². The zero-order chi connectivity index (χ0) is 15.1. The predicted molar refractivity (Wildman–Crippen MR) is 86.3 cm³/mol. The number of aliphatic hydroxyl groups excluding tert-OH is 1. The Morgan fingerprint density at radius 1 is 1.20 bits per heavy atom. The van der Waals surface area contributed by atoms with Crippen LogP contribution < -0.4 is 0 Å². The van der Waals surface area contributed by atoms with E-state index >= 15 is 0 Å². The summed E-state index contributed by atoms with van der Waals surface area (Å²) in [5, 5.41) is 10.1. The predicted octanol–water partition coefficient (Wildman–Crippen LogP) is 3.30. The first-order valence-corrected chi connectivity index (χ1v) is 8.25. The largest absolute Gasteiger partial charge is 0.389 e. The molecular formula is C16H29NO2S. The maximum Gasteiger partial charge on any atom is 0.0900 e. The van der Waals surface area contributed by atoms with Crippen molar-refractivity contribution >= 4 is 11.3 Å². The number of hydrogen-bond acceptors (Lipinski definition) is 4. The number of thiophene rings is 1. The van der Waals surface area contributed by atoms with Crippen LogP contribution in [0, 0.1) is 12.8 Å². The maximum atomic E-state index is 10.1. The molecule has 0 spiro atoms. The molecule has 0 saturated heterocycles. The molecule has 1 aromatic rings.